The predicted octanol–water partition coefficient (Wildman–Crippen LogP) is 3.18. The maximum Gasteiger partial charge on any atom is 0.00768 e. The Hall–Kier alpha value is -0.0800. The number of likely N-dealkylation sites (N-methyl/N-ethyl adjacent to an activating group) is 1. The van der Waals surface area contributed by atoms with E-state index in [0.29, 0.717) is 16.2 Å². The molecule has 2 heteroatoms. The van der Waals surface area contributed by atoms with Crippen molar-refractivity contribution in [2.75, 3.05) is 26.7 Å². The lowest BCUT2D eigenvalue weighted by atomic mass is 9.72. The average Bonchev–Trinajstić information content (AvgIpc) is 2.77. The van der Waals surface area contributed by atoms with Crippen LogP contribution in [0.3, 0.4) is 0 Å². The minimum atomic E-state index is 0.500. The predicted molar refractivity (Wildman–Crippen MR) is 78.8 cm³/mol. The van der Waals surface area contributed by atoms with E-state index in [0.717, 1.165) is 13.1 Å². The number of fused-ring (bicyclic) bond motifs is 2. The second-order valence-electron chi connectivity index (χ2n) is 8.19. The monoisotopic (exact) mass is 252 g/mol. The molecule has 0 atom stereocenters. The summed E-state index contributed by atoms with van der Waals surface area (Å²) in [5, 5.41) is 6.87. The first-order chi connectivity index (χ1) is 8.39. The SMILES string of the molecule is CNCCNCC12CCC(CC(C)(C)C)(CC1)C2. The van der Waals surface area contributed by atoms with E-state index in [2.05, 4.69) is 31.4 Å². The van der Waals surface area contributed by atoms with Gasteiger partial charge in [0.15, 0.2) is 0 Å². The highest BCUT2D eigenvalue weighted by atomic mass is 14.9. The molecule has 2 nitrogen and oxygen atoms in total. The fraction of sp³-hybridized carbons (Fsp3) is 1.00. The van der Waals surface area contributed by atoms with Gasteiger partial charge in [0.05, 0.1) is 0 Å². The van der Waals surface area contributed by atoms with Gasteiger partial charge in [0.25, 0.3) is 0 Å². The summed E-state index contributed by atoms with van der Waals surface area (Å²) in [6.45, 7) is 10.7. The van der Waals surface area contributed by atoms with Crippen LogP contribution in [-0.2, 0) is 0 Å². The van der Waals surface area contributed by atoms with Gasteiger partial charge in [-0.2, -0.15) is 0 Å². The van der Waals surface area contributed by atoms with Gasteiger partial charge in [0.1, 0.15) is 0 Å². The lowest BCUT2D eigenvalue weighted by Gasteiger charge is -2.33. The van der Waals surface area contributed by atoms with E-state index in [1.807, 2.05) is 7.05 Å². The van der Waals surface area contributed by atoms with Gasteiger partial charge in [0, 0.05) is 19.6 Å². The lowest BCUT2D eigenvalue weighted by molar-refractivity contribution is 0.177. The molecule has 0 aromatic heterocycles. The first kappa shape index (κ1) is 14.3. The smallest absolute Gasteiger partial charge is 0.00768 e. The Labute approximate surface area is 113 Å². The van der Waals surface area contributed by atoms with Crippen molar-refractivity contribution in [1.82, 2.24) is 10.6 Å². The van der Waals surface area contributed by atoms with Crippen molar-refractivity contribution >= 4 is 0 Å². The zero-order valence-electron chi connectivity index (χ0n) is 12.9. The fourth-order valence-electron chi connectivity index (χ4n) is 4.63. The molecule has 18 heavy (non-hydrogen) atoms. The molecule has 0 amide bonds. The quantitative estimate of drug-likeness (QED) is 0.710. The van der Waals surface area contributed by atoms with Gasteiger partial charge < -0.3 is 10.6 Å². The molecule has 0 radical (unpaired) electrons. The van der Waals surface area contributed by atoms with Gasteiger partial charge >= 0.3 is 0 Å². The van der Waals surface area contributed by atoms with Gasteiger partial charge in [-0.1, -0.05) is 20.8 Å². The molecular formula is C16H32N2. The topological polar surface area (TPSA) is 24.1 Å². The Bertz CT molecular complexity index is 269. The summed E-state index contributed by atoms with van der Waals surface area (Å²) >= 11 is 0. The molecule has 0 saturated heterocycles. The van der Waals surface area contributed by atoms with Crippen LogP contribution in [-0.4, -0.2) is 26.7 Å². The molecule has 0 spiro atoms. The zero-order chi connectivity index (χ0) is 13.3. The minimum Gasteiger partial charge on any atom is -0.318 e. The third-order valence-corrected chi connectivity index (χ3v) is 5.08. The van der Waals surface area contributed by atoms with Crippen LogP contribution < -0.4 is 10.6 Å². The third-order valence-electron chi connectivity index (χ3n) is 5.08. The van der Waals surface area contributed by atoms with Crippen molar-refractivity contribution in [2.45, 2.75) is 59.3 Å². The van der Waals surface area contributed by atoms with Crippen LogP contribution in [0.4, 0.5) is 0 Å². The molecule has 2 saturated carbocycles. The highest BCUT2D eigenvalue weighted by Crippen LogP contribution is 2.64. The van der Waals surface area contributed by atoms with Crippen LogP contribution in [0.25, 0.3) is 0 Å². The number of rotatable bonds is 6. The molecule has 2 fully saturated rings. The van der Waals surface area contributed by atoms with Crippen molar-refractivity contribution in [1.29, 1.82) is 0 Å². The van der Waals surface area contributed by atoms with Gasteiger partial charge in [0.2, 0.25) is 0 Å². The minimum absolute atomic E-state index is 0.500. The lowest BCUT2D eigenvalue weighted by Crippen LogP contribution is -2.34. The fourth-order valence-corrected chi connectivity index (χ4v) is 4.63. The van der Waals surface area contributed by atoms with E-state index < -0.39 is 0 Å². The van der Waals surface area contributed by atoms with Crippen LogP contribution >= 0.6 is 0 Å². The number of nitrogens with one attached hydrogen (secondary N) is 2. The Kier molecular flexibility index (Phi) is 4.08. The number of hydrogen-bond donors (Lipinski definition) is 2. The Balaban J connectivity index is 1.85. The van der Waals surface area contributed by atoms with Crippen LogP contribution in [0.15, 0.2) is 0 Å². The van der Waals surface area contributed by atoms with Gasteiger partial charge in [-0.3, -0.25) is 0 Å². The summed E-state index contributed by atoms with van der Waals surface area (Å²) in [6.07, 6.45) is 8.82. The molecule has 2 N–H and O–H groups in total. The second-order valence-corrected chi connectivity index (χ2v) is 8.19. The largest absolute Gasteiger partial charge is 0.318 e. The molecule has 0 unspecified atom stereocenters. The summed E-state index contributed by atoms with van der Waals surface area (Å²) in [5.41, 5.74) is 1.85. The van der Waals surface area contributed by atoms with Crippen LogP contribution in [0, 0.1) is 16.2 Å². The standard InChI is InChI=1S/C16H32N2/c1-14(2,3)11-15-5-7-16(12-15,8-6-15)13-18-10-9-17-4/h17-18H,5-13H2,1-4H3. The summed E-state index contributed by atoms with van der Waals surface area (Å²) < 4.78 is 0. The van der Waals surface area contributed by atoms with Crippen LogP contribution in [0.2, 0.25) is 0 Å². The molecule has 106 valence electrons. The van der Waals surface area contributed by atoms with E-state index in [1.165, 1.54) is 45.1 Å². The molecule has 2 aliphatic carbocycles. The highest BCUT2D eigenvalue weighted by molar-refractivity contribution is 5.06. The van der Waals surface area contributed by atoms with Gasteiger partial charge in [-0.05, 0) is 61.8 Å². The summed E-state index contributed by atoms with van der Waals surface area (Å²) in [5.74, 6) is 0. The molecule has 2 rings (SSSR count). The summed E-state index contributed by atoms with van der Waals surface area (Å²) in [7, 11) is 2.03. The molecule has 0 aliphatic heterocycles. The molecule has 0 aromatic carbocycles. The Morgan fingerprint density at radius 3 is 2.11 bits per heavy atom. The number of hydrogen-bond acceptors (Lipinski definition) is 2. The first-order valence-corrected chi connectivity index (χ1v) is 7.74. The Morgan fingerprint density at radius 1 is 0.944 bits per heavy atom. The van der Waals surface area contributed by atoms with E-state index in [1.54, 1.807) is 0 Å². The molecule has 2 bridgehead atoms. The summed E-state index contributed by atoms with van der Waals surface area (Å²) in [6, 6.07) is 0. The molecule has 0 heterocycles. The summed E-state index contributed by atoms with van der Waals surface area (Å²) in [4.78, 5) is 0. The van der Waals surface area contributed by atoms with E-state index in [4.69, 9.17) is 0 Å². The molecular weight excluding hydrogens is 220 g/mol. The van der Waals surface area contributed by atoms with Crippen molar-refractivity contribution in [3.63, 3.8) is 0 Å². The van der Waals surface area contributed by atoms with E-state index in [9.17, 15) is 0 Å². The highest BCUT2D eigenvalue weighted by Gasteiger charge is 2.54. The Morgan fingerprint density at radius 2 is 1.56 bits per heavy atom. The van der Waals surface area contributed by atoms with Crippen LogP contribution in [0.5, 0.6) is 0 Å². The van der Waals surface area contributed by atoms with Gasteiger partial charge in [-0.15, -0.1) is 0 Å². The van der Waals surface area contributed by atoms with Crippen LogP contribution in [0.1, 0.15) is 59.3 Å². The van der Waals surface area contributed by atoms with Crippen molar-refractivity contribution in [3.05, 3.63) is 0 Å². The van der Waals surface area contributed by atoms with Crippen molar-refractivity contribution in [3.8, 4) is 0 Å². The normalized spacial score (nSPS) is 35.3. The first-order valence-electron chi connectivity index (χ1n) is 7.74. The molecule has 2 aliphatic rings. The zero-order valence-corrected chi connectivity index (χ0v) is 12.9. The van der Waals surface area contributed by atoms with Gasteiger partial charge in [-0.25, -0.2) is 0 Å². The van der Waals surface area contributed by atoms with E-state index >= 15 is 0 Å². The average molecular weight is 252 g/mol. The van der Waals surface area contributed by atoms with Crippen molar-refractivity contribution in [2.24, 2.45) is 16.2 Å². The van der Waals surface area contributed by atoms with Crippen molar-refractivity contribution < 1.29 is 0 Å². The maximum absolute atomic E-state index is 3.66. The second kappa shape index (κ2) is 5.13. The maximum atomic E-state index is 3.66. The third kappa shape index (κ3) is 3.27. The molecule has 0 aromatic rings. The van der Waals surface area contributed by atoms with E-state index in [-0.39, 0.29) is 0 Å².